The molecule has 0 unspecified atom stereocenters. The third kappa shape index (κ3) is 4.38. The molecule has 5 rings (SSSR count). The van der Waals surface area contributed by atoms with E-state index in [0.717, 1.165) is 31.2 Å². The number of thioether (sulfide) groups is 1. The molecule has 0 spiro atoms. The smallest absolute Gasteiger partial charge is 0.267 e. The quantitative estimate of drug-likeness (QED) is 0.398. The lowest BCUT2D eigenvalue weighted by atomic mass is 10.1. The lowest BCUT2D eigenvalue weighted by Crippen LogP contribution is -2.36. The van der Waals surface area contributed by atoms with Gasteiger partial charge in [-0.2, -0.15) is 0 Å². The molecule has 3 aromatic rings. The summed E-state index contributed by atoms with van der Waals surface area (Å²) in [6.45, 7) is 0.156. The molecular formula is C25H24N4O3S2. The number of nitrogens with zero attached hydrogens (tertiary/aromatic N) is 3. The van der Waals surface area contributed by atoms with Gasteiger partial charge in [-0.1, -0.05) is 73.2 Å². The SMILES string of the molecule is O=C1/C(=C/c2c(NC[C@@H](O)c3ccccc3)nc3ccccn3c2=O)SC(=S)N1C1CCCC1. The fraction of sp³-hybridized carbons (Fsp3) is 0.280. The number of nitrogens with one attached hydrogen (secondary N) is 1. The van der Waals surface area contributed by atoms with E-state index in [2.05, 4.69) is 10.3 Å². The number of fused-ring (bicyclic) bond motifs is 1. The second-order valence-corrected chi connectivity index (χ2v) is 10.1. The van der Waals surface area contributed by atoms with Crippen LogP contribution in [0.3, 0.4) is 0 Å². The first-order valence-corrected chi connectivity index (χ1v) is 12.5. The number of anilines is 1. The summed E-state index contributed by atoms with van der Waals surface area (Å²) in [4.78, 5) is 33.3. The Morgan fingerprint density at radius 1 is 1.15 bits per heavy atom. The van der Waals surface area contributed by atoms with Crippen LogP contribution in [0.2, 0.25) is 0 Å². The molecule has 7 nitrogen and oxygen atoms in total. The van der Waals surface area contributed by atoms with Gasteiger partial charge in [0.1, 0.15) is 15.8 Å². The highest BCUT2D eigenvalue weighted by Gasteiger charge is 2.38. The Morgan fingerprint density at radius 3 is 2.65 bits per heavy atom. The Kier molecular flexibility index (Phi) is 6.49. The first kappa shape index (κ1) is 22.8. The van der Waals surface area contributed by atoms with E-state index in [-0.39, 0.29) is 29.6 Å². The topological polar surface area (TPSA) is 86.9 Å². The van der Waals surface area contributed by atoms with Crippen LogP contribution < -0.4 is 10.9 Å². The van der Waals surface area contributed by atoms with Crippen molar-refractivity contribution in [1.82, 2.24) is 14.3 Å². The Morgan fingerprint density at radius 2 is 1.88 bits per heavy atom. The van der Waals surface area contributed by atoms with Crippen LogP contribution in [0.4, 0.5) is 5.82 Å². The Bertz CT molecular complexity index is 1330. The molecule has 2 aromatic heterocycles. The summed E-state index contributed by atoms with van der Waals surface area (Å²) in [5.41, 5.74) is 1.19. The van der Waals surface area contributed by atoms with Crippen molar-refractivity contribution in [1.29, 1.82) is 0 Å². The zero-order chi connectivity index (χ0) is 23.7. The van der Waals surface area contributed by atoms with Crippen molar-refractivity contribution in [3.8, 4) is 0 Å². The first-order chi connectivity index (χ1) is 16.5. The summed E-state index contributed by atoms with van der Waals surface area (Å²) in [5.74, 6) is 0.159. The van der Waals surface area contributed by atoms with Crippen LogP contribution in [0.5, 0.6) is 0 Å². The van der Waals surface area contributed by atoms with Gasteiger partial charge in [0.25, 0.3) is 11.5 Å². The molecule has 1 amide bonds. The van der Waals surface area contributed by atoms with Crippen molar-refractivity contribution in [3.63, 3.8) is 0 Å². The lowest BCUT2D eigenvalue weighted by Gasteiger charge is -2.21. The second-order valence-electron chi connectivity index (χ2n) is 8.41. The number of aromatic nitrogens is 2. The van der Waals surface area contributed by atoms with Crippen LogP contribution in [0, 0.1) is 0 Å². The van der Waals surface area contributed by atoms with Gasteiger partial charge in [-0.25, -0.2) is 4.98 Å². The number of amides is 1. The third-order valence-corrected chi connectivity index (χ3v) is 7.54. The maximum absolute atomic E-state index is 13.4. The molecule has 0 radical (unpaired) electrons. The number of aliphatic hydroxyl groups is 1. The minimum absolute atomic E-state index is 0.132. The van der Waals surface area contributed by atoms with Gasteiger partial charge in [-0.3, -0.25) is 18.9 Å². The molecule has 1 saturated heterocycles. The fourth-order valence-electron chi connectivity index (χ4n) is 4.44. The molecule has 174 valence electrons. The predicted molar refractivity (Wildman–Crippen MR) is 139 cm³/mol. The van der Waals surface area contributed by atoms with Crippen LogP contribution in [0.15, 0.2) is 64.4 Å². The van der Waals surface area contributed by atoms with Crippen molar-refractivity contribution >= 4 is 51.7 Å². The monoisotopic (exact) mass is 492 g/mol. The van der Waals surface area contributed by atoms with Crippen molar-refractivity contribution in [2.24, 2.45) is 0 Å². The maximum Gasteiger partial charge on any atom is 0.267 e. The molecule has 2 N–H and O–H groups in total. The molecule has 1 aliphatic carbocycles. The van der Waals surface area contributed by atoms with Gasteiger partial charge in [-0.15, -0.1) is 0 Å². The Balaban J connectivity index is 1.50. The van der Waals surface area contributed by atoms with Crippen LogP contribution >= 0.6 is 24.0 Å². The second kappa shape index (κ2) is 9.69. The van der Waals surface area contributed by atoms with Gasteiger partial charge in [0.05, 0.1) is 16.6 Å². The van der Waals surface area contributed by atoms with E-state index in [1.54, 1.807) is 35.4 Å². The fourth-order valence-corrected chi connectivity index (χ4v) is 5.82. The minimum Gasteiger partial charge on any atom is -0.387 e. The van der Waals surface area contributed by atoms with E-state index in [4.69, 9.17) is 12.2 Å². The molecule has 1 aromatic carbocycles. The van der Waals surface area contributed by atoms with E-state index in [1.807, 2.05) is 30.3 Å². The van der Waals surface area contributed by atoms with Gasteiger partial charge < -0.3 is 10.4 Å². The number of carbonyl (C=O) groups is 1. The summed E-state index contributed by atoms with van der Waals surface area (Å²) in [6.07, 6.45) is 6.52. The lowest BCUT2D eigenvalue weighted by molar-refractivity contribution is -0.123. The molecule has 1 atom stereocenters. The average molecular weight is 493 g/mol. The van der Waals surface area contributed by atoms with Crippen LogP contribution in [-0.4, -0.2) is 42.2 Å². The number of benzene rings is 1. The number of aliphatic hydroxyl groups excluding tert-OH is 1. The largest absolute Gasteiger partial charge is 0.387 e. The summed E-state index contributed by atoms with van der Waals surface area (Å²) in [6, 6.07) is 14.7. The van der Waals surface area contributed by atoms with Gasteiger partial charge in [0.15, 0.2) is 0 Å². The highest BCUT2D eigenvalue weighted by atomic mass is 32.2. The number of rotatable bonds is 6. The number of hydrogen-bond acceptors (Lipinski definition) is 7. The van der Waals surface area contributed by atoms with E-state index < -0.39 is 6.10 Å². The number of pyridine rings is 1. The van der Waals surface area contributed by atoms with Crippen molar-refractivity contribution < 1.29 is 9.90 Å². The normalized spacial score (nSPS) is 18.9. The van der Waals surface area contributed by atoms with Gasteiger partial charge in [0.2, 0.25) is 0 Å². The number of hydrogen-bond donors (Lipinski definition) is 2. The van der Waals surface area contributed by atoms with E-state index in [1.165, 1.54) is 16.2 Å². The van der Waals surface area contributed by atoms with Gasteiger partial charge in [0, 0.05) is 18.8 Å². The third-order valence-electron chi connectivity index (χ3n) is 6.21. The van der Waals surface area contributed by atoms with Crippen LogP contribution in [-0.2, 0) is 4.79 Å². The molecule has 2 fully saturated rings. The first-order valence-electron chi connectivity index (χ1n) is 11.3. The summed E-state index contributed by atoms with van der Waals surface area (Å²) in [5, 5.41) is 13.7. The Hall–Kier alpha value is -3.01. The molecule has 1 saturated carbocycles. The van der Waals surface area contributed by atoms with Crippen molar-refractivity contribution in [3.05, 3.63) is 81.1 Å². The number of carbonyl (C=O) groups excluding carboxylic acids is 1. The molecule has 2 aliphatic rings. The van der Waals surface area contributed by atoms with Crippen LogP contribution in [0.25, 0.3) is 11.7 Å². The van der Waals surface area contributed by atoms with Gasteiger partial charge >= 0.3 is 0 Å². The average Bonchev–Trinajstić information content (AvgIpc) is 3.47. The molecule has 1 aliphatic heterocycles. The molecule has 9 heteroatoms. The highest BCUT2D eigenvalue weighted by molar-refractivity contribution is 8.26. The zero-order valence-electron chi connectivity index (χ0n) is 18.4. The van der Waals surface area contributed by atoms with Crippen molar-refractivity contribution in [2.75, 3.05) is 11.9 Å². The highest BCUT2D eigenvalue weighted by Crippen LogP contribution is 2.38. The molecule has 0 bridgehead atoms. The zero-order valence-corrected chi connectivity index (χ0v) is 20.0. The maximum atomic E-state index is 13.4. The van der Waals surface area contributed by atoms with Crippen molar-refractivity contribution in [2.45, 2.75) is 37.8 Å². The van der Waals surface area contributed by atoms with E-state index >= 15 is 0 Å². The summed E-state index contributed by atoms with van der Waals surface area (Å²) >= 11 is 6.73. The molecular weight excluding hydrogens is 468 g/mol. The standard InChI is InChI=1S/C25H24N4O3S2/c30-19(16-8-2-1-3-9-16)15-26-22-18(23(31)28-13-7-6-12-21(28)27-22)14-20-24(32)29(25(33)34-20)17-10-4-5-11-17/h1-3,6-9,12-14,17,19,26,30H,4-5,10-11,15H2/b20-14-/t19-/m1/s1. The molecule has 34 heavy (non-hydrogen) atoms. The summed E-state index contributed by atoms with van der Waals surface area (Å²) in [7, 11) is 0. The van der Waals surface area contributed by atoms with Gasteiger partial charge in [-0.05, 0) is 36.6 Å². The predicted octanol–water partition coefficient (Wildman–Crippen LogP) is 3.98. The minimum atomic E-state index is -0.786. The Labute approximate surface area is 206 Å². The van der Waals surface area contributed by atoms with E-state index in [0.29, 0.717) is 20.7 Å². The van der Waals surface area contributed by atoms with Crippen LogP contribution in [0.1, 0.15) is 42.9 Å². The number of thiocarbonyl (C=S) groups is 1. The summed E-state index contributed by atoms with van der Waals surface area (Å²) < 4.78 is 1.98. The van der Waals surface area contributed by atoms with E-state index in [9.17, 15) is 14.7 Å². The molecule has 3 heterocycles.